The van der Waals surface area contributed by atoms with Crippen molar-refractivity contribution in [3.63, 3.8) is 0 Å². The second-order valence-electron chi connectivity index (χ2n) is 7.21. The first-order valence-electron chi connectivity index (χ1n) is 7.94. The molecule has 1 N–H and O–H groups in total. The molecule has 3 unspecified atom stereocenters. The summed E-state index contributed by atoms with van der Waals surface area (Å²) in [5, 5.41) is 3.36. The summed E-state index contributed by atoms with van der Waals surface area (Å²) in [7, 11) is 1.99. The Labute approximate surface area is 128 Å². The van der Waals surface area contributed by atoms with Gasteiger partial charge in [0.1, 0.15) is 5.82 Å². The minimum Gasteiger partial charge on any atom is -0.372 e. The average Bonchev–Trinajstić information content (AvgIpc) is 2.45. The van der Waals surface area contributed by atoms with E-state index in [4.69, 9.17) is 4.74 Å². The Morgan fingerprint density at radius 1 is 1.24 bits per heavy atom. The molecule has 1 aromatic carbocycles. The first-order valence-corrected chi connectivity index (χ1v) is 7.94. The van der Waals surface area contributed by atoms with Gasteiger partial charge >= 0.3 is 0 Å². The molecule has 1 fully saturated rings. The van der Waals surface area contributed by atoms with E-state index < -0.39 is 0 Å². The highest BCUT2D eigenvalue weighted by Gasteiger charge is 2.35. The van der Waals surface area contributed by atoms with Crippen LogP contribution < -0.4 is 5.32 Å². The van der Waals surface area contributed by atoms with E-state index in [0.29, 0.717) is 29.5 Å². The second kappa shape index (κ2) is 6.89. The highest BCUT2D eigenvalue weighted by molar-refractivity contribution is 5.16. The predicted octanol–water partition coefficient (Wildman–Crippen LogP) is 4.15. The lowest BCUT2D eigenvalue weighted by Crippen LogP contribution is -2.46. The van der Waals surface area contributed by atoms with Crippen molar-refractivity contribution in [3.05, 3.63) is 35.6 Å². The van der Waals surface area contributed by atoms with Gasteiger partial charge in [0.2, 0.25) is 0 Å². The molecular formula is C18H28FNO. The maximum atomic E-state index is 13.7. The minimum absolute atomic E-state index is 0.160. The molecule has 1 saturated carbocycles. The summed E-state index contributed by atoms with van der Waals surface area (Å²) in [6, 6.07) is 7.23. The molecule has 1 aliphatic carbocycles. The van der Waals surface area contributed by atoms with Gasteiger partial charge in [-0.25, -0.2) is 4.39 Å². The van der Waals surface area contributed by atoms with Gasteiger partial charge in [0.15, 0.2) is 0 Å². The number of rotatable bonds is 4. The monoisotopic (exact) mass is 293 g/mol. The summed E-state index contributed by atoms with van der Waals surface area (Å²) < 4.78 is 19.8. The van der Waals surface area contributed by atoms with Gasteiger partial charge in [-0.05, 0) is 43.7 Å². The molecule has 1 aromatic rings. The number of ether oxygens (including phenoxy) is 1. The predicted molar refractivity (Wildman–Crippen MR) is 84.6 cm³/mol. The topological polar surface area (TPSA) is 21.3 Å². The number of hydrogen-bond acceptors (Lipinski definition) is 2. The molecule has 118 valence electrons. The highest BCUT2D eigenvalue weighted by atomic mass is 19.1. The molecule has 0 aromatic heterocycles. The van der Waals surface area contributed by atoms with Gasteiger partial charge in [-0.1, -0.05) is 39.0 Å². The molecule has 2 nitrogen and oxygen atoms in total. The summed E-state index contributed by atoms with van der Waals surface area (Å²) in [6.45, 7) is 7.24. The normalized spacial score (nSPS) is 26.8. The van der Waals surface area contributed by atoms with E-state index in [9.17, 15) is 4.39 Å². The number of nitrogens with one attached hydrogen (secondary N) is 1. The van der Waals surface area contributed by atoms with Crippen molar-refractivity contribution in [2.75, 3.05) is 7.05 Å². The van der Waals surface area contributed by atoms with E-state index in [1.807, 2.05) is 13.1 Å². The molecule has 0 amide bonds. The average molecular weight is 293 g/mol. The Bertz CT molecular complexity index is 455. The smallest absolute Gasteiger partial charge is 0.128 e. The quantitative estimate of drug-likeness (QED) is 0.900. The van der Waals surface area contributed by atoms with Crippen molar-refractivity contribution >= 4 is 0 Å². The third-order valence-electron chi connectivity index (χ3n) is 4.80. The van der Waals surface area contributed by atoms with Gasteiger partial charge in [-0.2, -0.15) is 0 Å². The fraction of sp³-hybridized carbons (Fsp3) is 0.667. The van der Waals surface area contributed by atoms with Crippen LogP contribution in [0.15, 0.2) is 24.3 Å². The van der Waals surface area contributed by atoms with Gasteiger partial charge in [0.05, 0.1) is 12.7 Å². The highest BCUT2D eigenvalue weighted by Crippen LogP contribution is 2.39. The lowest BCUT2D eigenvalue weighted by molar-refractivity contribution is -0.0355. The number of benzene rings is 1. The molecule has 3 atom stereocenters. The van der Waals surface area contributed by atoms with Crippen molar-refractivity contribution in [1.29, 1.82) is 0 Å². The Kier molecular flexibility index (Phi) is 5.39. The van der Waals surface area contributed by atoms with Crippen LogP contribution in [-0.2, 0) is 11.3 Å². The molecule has 2 rings (SSSR count). The summed E-state index contributed by atoms with van der Waals surface area (Å²) in [4.78, 5) is 0. The summed E-state index contributed by atoms with van der Waals surface area (Å²) in [5.41, 5.74) is 0.948. The van der Waals surface area contributed by atoms with Gasteiger partial charge in [-0.3, -0.25) is 0 Å². The number of hydrogen-bond donors (Lipinski definition) is 1. The van der Waals surface area contributed by atoms with Crippen LogP contribution in [0.2, 0.25) is 0 Å². The van der Waals surface area contributed by atoms with Crippen molar-refractivity contribution in [3.8, 4) is 0 Å². The summed E-state index contributed by atoms with van der Waals surface area (Å²) >= 11 is 0. The Morgan fingerprint density at radius 2 is 1.95 bits per heavy atom. The van der Waals surface area contributed by atoms with Crippen LogP contribution >= 0.6 is 0 Å². The Hall–Kier alpha value is -0.930. The van der Waals surface area contributed by atoms with E-state index in [0.717, 1.165) is 12.8 Å². The molecular weight excluding hydrogens is 265 g/mol. The molecule has 0 aliphatic heterocycles. The van der Waals surface area contributed by atoms with E-state index in [1.54, 1.807) is 12.1 Å². The minimum atomic E-state index is -0.179. The standard InChI is InChI=1S/C18H28FNO/c1-18(2,3)14-9-10-16(20-4)17(11-14)21-12-13-7-5-6-8-15(13)19/h5-8,14,16-17,20H,9-12H2,1-4H3. The van der Waals surface area contributed by atoms with E-state index in [1.165, 1.54) is 12.5 Å². The molecule has 0 radical (unpaired) electrons. The second-order valence-corrected chi connectivity index (χ2v) is 7.21. The van der Waals surface area contributed by atoms with E-state index in [2.05, 4.69) is 26.1 Å². The molecule has 21 heavy (non-hydrogen) atoms. The maximum Gasteiger partial charge on any atom is 0.128 e. The van der Waals surface area contributed by atoms with Crippen molar-refractivity contribution in [2.24, 2.45) is 11.3 Å². The van der Waals surface area contributed by atoms with E-state index in [-0.39, 0.29) is 11.9 Å². The van der Waals surface area contributed by atoms with Gasteiger partial charge in [0, 0.05) is 11.6 Å². The van der Waals surface area contributed by atoms with Crippen LogP contribution in [0.25, 0.3) is 0 Å². The molecule has 3 heteroatoms. The zero-order chi connectivity index (χ0) is 15.5. The Balaban J connectivity index is 2.00. The number of halogens is 1. The van der Waals surface area contributed by atoms with E-state index >= 15 is 0 Å². The van der Waals surface area contributed by atoms with Crippen LogP contribution in [0.1, 0.15) is 45.6 Å². The molecule has 0 saturated heterocycles. The Morgan fingerprint density at radius 3 is 2.57 bits per heavy atom. The summed E-state index contributed by atoms with van der Waals surface area (Å²) in [6.07, 6.45) is 3.56. The largest absolute Gasteiger partial charge is 0.372 e. The van der Waals surface area contributed by atoms with Crippen LogP contribution in [0.3, 0.4) is 0 Å². The van der Waals surface area contributed by atoms with Crippen molar-refractivity contribution < 1.29 is 9.13 Å². The molecule has 0 spiro atoms. The first-order chi connectivity index (χ1) is 9.91. The lowest BCUT2D eigenvalue weighted by Gasteiger charge is -2.41. The first kappa shape index (κ1) is 16.4. The fourth-order valence-corrected chi connectivity index (χ4v) is 3.24. The van der Waals surface area contributed by atoms with Crippen LogP contribution in [0, 0.1) is 17.2 Å². The van der Waals surface area contributed by atoms with Crippen LogP contribution in [-0.4, -0.2) is 19.2 Å². The van der Waals surface area contributed by atoms with Gasteiger partial charge in [-0.15, -0.1) is 0 Å². The maximum absolute atomic E-state index is 13.7. The molecule has 0 heterocycles. The third-order valence-corrected chi connectivity index (χ3v) is 4.80. The van der Waals surface area contributed by atoms with Crippen LogP contribution in [0.5, 0.6) is 0 Å². The zero-order valence-corrected chi connectivity index (χ0v) is 13.7. The van der Waals surface area contributed by atoms with Gasteiger partial charge in [0.25, 0.3) is 0 Å². The zero-order valence-electron chi connectivity index (χ0n) is 13.7. The lowest BCUT2D eigenvalue weighted by atomic mass is 9.70. The van der Waals surface area contributed by atoms with Crippen molar-refractivity contribution in [1.82, 2.24) is 5.32 Å². The van der Waals surface area contributed by atoms with Crippen LogP contribution in [0.4, 0.5) is 4.39 Å². The summed E-state index contributed by atoms with van der Waals surface area (Å²) in [5.74, 6) is 0.481. The molecule has 1 aliphatic rings. The third kappa shape index (κ3) is 4.27. The molecule has 0 bridgehead atoms. The number of likely N-dealkylation sites (N-methyl/N-ethyl adjacent to an activating group) is 1. The van der Waals surface area contributed by atoms with Gasteiger partial charge < -0.3 is 10.1 Å². The fourth-order valence-electron chi connectivity index (χ4n) is 3.24. The SMILES string of the molecule is CNC1CCC(C(C)(C)C)CC1OCc1ccccc1F. The van der Waals surface area contributed by atoms with Crippen molar-refractivity contribution in [2.45, 2.75) is 58.8 Å².